The molecule has 0 spiro atoms. The van der Waals surface area contributed by atoms with Crippen LogP contribution in [0.1, 0.15) is 19.8 Å². The Morgan fingerprint density at radius 1 is 1.33 bits per heavy atom. The molecule has 2 unspecified atom stereocenters. The van der Waals surface area contributed by atoms with Crippen LogP contribution in [0.5, 0.6) is 0 Å². The molecule has 86 valence electrons. The van der Waals surface area contributed by atoms with E-state index >= 15 is 0 Å². The van der Waals surface area contributed by atoms with Gasteiger partial charge in [-0.1, -0.05) is 6.92 Å². The lowest BCUT2D eigenvalue weighted by atomic mass is 9.98. The van der Waals surface area contributed by atoms with E-state index in [0.717, 1.165) is 39.1 Å². The molecule has 2 N–H and O–H groups in total. The van der Waals surface area contributed by atoms with E-state index in [1.54, 1.807) is 0 Å². The Bertz CT molecular complexity index is 227. The first-order valence-electron chi connectivity index (χ1n) is 5.86. The monoisotopic (exact) mass is 212 g/mol. The highest BCUT2D eigenvalue weighted by molar-refractivity contribution is 5.79. The smallest absolute Gasteiger partial charge is 0.223 e. The Kier molecular flexibility index (Phi) is 3.59. The molecule has 0 aliphatic carbocycles. The lowest BCUT2D eigenvalue weighted by Gasteiger charge is -2.24. The van der Waals surface area contributed by atoms with Crippen LogP contribution in [0.4, 0.5) is 0 Å². The van der Waals surface area contributed by atoms with Crippen molar-refractivity contribution in [2.24, 2.45) is 11.8 Å². The number of carbonyl (C=O) groups is 1. The minimum atomic E-state index is 0.173. The Labute approximate surface area is 90.8 Å². The second-order valence-corrected chi connectivity index (χ2v) is 4.64. The number of hydrogen-bond donors (Lipinski definition) is 2. The Morgan fingerprint density at radius 2 is 2.07 bits per heavy atom. The summed E-state index contributed by atoms with van der Waals surface area (Å²) in [5.41, 5.74) is 0. The Hall–Kier alpha value is -0.610. The van der Waals surface area contributed by atoms with Gasteiger partial charge in [0, 0.05) is 31.7 Å². The van der Waals surface area contributed by atoms with Crippen molar-refractivity contribution in [3.63, 3.8) is 0 Å². The van der Waals surface area contributed by atoms with Crippen LogP contribution < -0.4 is 10.6 Å². The summed E-state index contributed by atoms with van der Waals surface area (Å²) in [5.74, 6) is 0.944. The fraction of sp³-hybridized carbons (Fsp3) is 0.909. The molecule has 2 atom stereocenters. The van der Waals surface area contributed by atoms with Crippen LogP contribution in [0.2, 0.25) is 0 Å². The third-order valence-electron chi connectivity index (χ3n) is 3.44. The molecule has 2 saturated heterocycles. The zero-order valence-electron chi connectivity index (χ0n) is 9.29. The average Bonchev–Trinajstić information content (AvgIpc) is 2.66. The van der Waals surface area contributed by atoms with Crippen molar-refractivity contribution < 1.29 is 9.53 Å². The van der Waals surface area contributed by atoms with E-state index in [0.29, 0.717) is 12.0 Å². The maximum absolute atomic E-state index is 11.9. The van der Waals surface area contributed by atoms with Crippen molar-refractivity contribution in [3.8, 4) is 0 Å². The van der Waals surface area contributed by atoms with Crippen molar-refractivity contribution in [1.82, 2.24) is 10.6 Å². The van der Waals surface area contributed by atoms with Gasteiger partial charge in [0.05, 0.1) is 0 Å². The summed E-state index contributed by atoms with van der Waals surface area (Å²) in [6.07, 6.45) is 1.75. The van der Waals surface area contributed by atoms with Crippen LogP contribution >= 0.6 is 0 Å². The molecule has 15 heavy (non-hydrogen) atoms. The summed E-state index contributed by atoms with van der Waals surface area (Å²) in [4.78, 5) is 11.9. The summed E-state index contributed by atoms with van der Waals surface area (Å²) >= 11 is 0. The second kappa shape index (κ2) is 4.94. The van der Waals surface area contributed by atoms with Gasteiger partial charge in [0.2, 0.25) is 5.91 Å². The molecule has 0 aromatic rings. The molecule has 4 heteroatoms. The van der Waals surface area contributed by atoms with Crippen LogP contribution in [0, 0.1) is 11.8 Å². The van der Waals surface area contributed by atoms with Crippen LogP contribution in [-0.4, -0.2) is 38.3 Å². The molecular formula is C11H20N2O2. The minimum absolute atomic E-state index is 0.173. The van der Waals surface area contributed by atoms with Crippen molar-refractivity contribution >= 4 is 5.91 Å². The molecule has 2 rings (SSSR count). The molecule has 2 fully saturated rings. The fourth-order valence-corrected chi connectivity index (χ4v) is 2.26. The summed E-state index contributed by atoms with van der Waals surface area (Å²) < 4.78 is 5.25. The van der Waals surface area contributed by atoms with Crippen LogP contribution in [0.3, 0.4) is 0 Å². The number of rotatable bonds is 2. The van der Waals surface area contributed by atoms with Crippen molar-refractivity contribution in [2.75, 3.05) is 26.3 Å². The number of carbonyl (C=O) groups excluding carboxylic acids is 1. The third kappa shape index (κ3) is 2.69. The third-order valence-corrected chi connectivity index (χ3v) is 3.44. The molecule has 0 bridgehead atoms. The first kappa shape index (κ1) is 10.9. The van der Waals surface area contributed by atoms with Crippen molar-refractivity contribution in [3.05, 3.63) is 0 Å². The summed E-state index contributed by atoms with van der Waals surface area (Å²) in [6, 6.07) is 0.320. The molecule has 2 aliphatic rings. The zero-order chi connectivity index (χ0) is 10.7. The summed E-state index contributed by atoms with van der Waals surface area (Å²) in [6.45, 7) is 5.57. The van der Waals surface area contributed by atoms with Gasteiger partial charge in [0.15, 0.2) is 0 Å². The van der Waals surface area contributed by atoms with E-state index in [1.807, 2.05) is 0 Å². The van der Waals surface area contributed by atoms with Gasteiger partial charge in [-0.05, 0) is 25.3 Å². The second-order valence-electron chi connectivity index (χ2n) is 4.64. The molecule has 0 saturated carbocycles. The molecule has 1 amide bonds. The van der Waals surface area contributed by atoms with Crippen molar-refractivity contribution in [2.45, 2.75) is 25.8 Å². The first-order valence-corrected chi connectivity index (χ1v) is 5.86. The molecule has 2 heterocycles. The quantitative estimate of drug-likeness (QED) is 0.684. The summed E-state index contributed by atoms with van der Waals surface area (Å²) in [7, 11) is 0. The number of amides is 1. The van der Waals surface area contributed by atoms with E-state index in [9.17, 15) is 4.79 Å². The SMILES string of the molecule is CC1CNCC1NC(=O)C1CCOCC1. The molecule has 0 radical (unpaired) electrons. The number of nitrogens with one attached hydrogen (secondary N) is 2. The predicted octanol–water partition coefficient (Wildman–Crippen LogP) is 0.137. The molecule has 4 nitrogen and oxygen atoms in total. The maximum Gasteiger partial charge on any atom is 0.223 e. The number of ether oxygens (including phenoxy) is 1. The lowest BCUT2D eigenvalue weighted by molar-refractivity contribution is -0.128. The van der Waals surface area contributed by atoms with Crippen LogP contribution in [0.15, 0.2) is 0 Å². The van der Waals surface area contributed by atoms with Gasteiger partial charge in [-0.2, -0.15) is 0 Å². The van der Waals surface area contributed by atoms with Crippen LogP contribution in [-0.2, 0) is 9.53 Å². The largest absolute Gasteiger partial charge is 0.381 e. The highest BCUT2D eigenvalue weighted by atomic mass is 16.5. The Balaban J connectivity index is 1.80. The molecule has 0 aromatic carbocycles. The molecular weight excluding hydrogens is 192 g/mol. The van der Waals surface area contributed by atoms with E-state index in [-0.39, 0.29) is 11.8 Å². The fourth-order valence-electron chi connectivity index (χ4n) is 2.26. The Morgan fingerprint density at radius 3 is 2.67 bits per heavy atom. The van der Waals surface area contributed by atoms with Gasteiger partial charge in [-0.15, -0.1) is 0 Å². The zero-order valence-corrected chi connectivity index (χ0v) is 9.29. The highest BCUT2D eigenvalue weighted by Crippen LogP contribution is 2.16. The van der Waals surface area contributed by atoms with Gasteiger partial charge >= 0.3 is 0 Å². The first-order chi connectivity index (χ1) is 7.27. The van der Waals surface area contributed by atoms with Crippen molar-refractivity contribution in [1.29, 1.82) is 0 Å². The van der Waals surface area contributed by atoms with Crippen LogP contribution in [0.25, 0.3) is 0 Å². The molecule has 0 aromatic heterocycles. The number of hydrogen-bond acceptors (Lipinski definition) is 3. The normalized spacial score (nSPS) is 32.9. The summed E-state index contributed by atoms with van der Waals surface area (Å²) in [5, 5.41) is 6.43. The average molecular weight is 212 g/mol. The van der Waals surface area contributed by atoms with Gasteiger partial charge in [-0.3, -0.25) is 4.79 Å². The standard InChI is InChI=1S/C11H20N2O2/c1-8-6-12-7-10(8)13-11(14)9-2-4-15-5-3-9/h8-10,12H,2-7H2,1H3,(H,13,14). The van der Waals surface area contributed by atoms with Gasteiger partial charge < -0.3 is 15.4 Å². The highest BCUT2D eigenvalue weighted by Gasteiger charge is 2.28. The van der Waals surface area contributed by atoms with Gasteiger partial charge in [0.1, 0.15) is 0 Å². The van der Waals surface area contributed by atoms with E-state index in [2.05, 4.69) is 17.6 Å². The van der Waals surface area contributed by atoms with E-state index < -0.39 is 0 Å². The topological polar surface area (TPSA) is 50.4 Å². The lowest BCUT2D eigenvalue weighted by Crippen LogP contribution is -2.43. The van der Waals surface area contributed by atoms with E-state index in [4.69, 9.17) is 4.74 Å². The minimum Gasteiger partial charge on any atom is -0.381 e. The molecule has 2 aliphatic heterocycles. The van der Waals surface area contributed by atoms with E-state index in [1.165, 1.54) is 0 Å². The predicted molar refractivity (Wildman–Crippen MR) is 57.5 cm³/mol. The maximum atomic E-state index is 11.9. The van der Waals surface area contributed by atoms with Gasteiger partial charge in [-0.25, -0.2) is 0 Å². The van der Waals surface area contributed by atoms with Gasteiger partial charge in [0.25, 0.3) is 0 Å².